The van der Waals surface area contributed by atoms with Gasteiger partial charge in [-0.2, -0.15) is 5.10 Å². The molecule has 4 N–H and O–H groups in total. The van der Waals surface area contributed by atoms with Gasteiger partial charge in [-0.05, 0) is 13.0 Å². The molecule has 1 aromatic heterocycles. The van der Waals surface area contributed by atoms with Crippen LogP contribution in [-0.2, 0) is 11.8 Å². The maximum atomic E-state index is 10.5. The molecule has 78 valence electrons. The van der Waals surface area contributed by atoms with Crippen LogP contribution in [0.15, 0.2) is 6.07 Å². The molecule has 0 aliphatic carbocycles. The predicted molar refractivity (Wildman–Crippen MR) is 48.5 cm³/mol. The van der Waals surface area contributed by atoms with E-state index in [0.29, 0.717) is 0 Å². The number of rotatable bonds is 3. The quantitative estimate of drug-likeness (QED) is 0.590. The van der Waals surface area contributed by atoms with E-state index in [1.165, 1.54) is 0 Å². The summed E-state index contributed by atoms with van der Waals surface area (Å²) in [5, 5.41) is 22.0. The third-order valence-electron chi connectivity index (χ3n) is 2.06. The summed E-state index contributed by atoms with van der Waals surface area (Å²) in [6.07, 6.45) is -1.27. The average molecular weight is 199 g/mol. The molecule has 2 atom stereocenters. The van der Waals surface area contributed by atoms with Crippen molar-refractivity contribution in [2.75, 3.05) is 0 Å². The van der Waals surface area contributed by atoms with Crippen LogP contribution < -0.4 is 5.73 Å². The molecule has 0 bridgehead atoms. The summed E-state index contributed by atoms with van der Waals surface area (Å²) in [6.45, 7) is 1.80. The van der Waals surface area contributed by atoms with Gasteiger partial charge in [-0.25, -0.2) is 0 Å². The Morgan fingerprint density at radius 2 is 2.29 bits per heavy atom. The Labute approximate surface area is 81.0 Å². The lowest BCUT2D eigenvalue weighted by molar-refractivity contribution is -0.141. The highest BCUT2D eigenvalue weighted by atomic mass is 16.4. The van der Waals surface area contributed by atoms with Gasteiger partial charge in [0, 0.05) is 12.7 Å². The van der Waals surface area contributed by atoms with Crippen LogP contribution in [0.5, 0.6) is 0 Å². The first-order chi connectivity index (χ1) is 6.43. The lowest BCUT2D eigenvalue weighted by Gasteiger charge is -2.11. The predicted octanol–water partition coefficient (Wildman–Crippen LogP) is -0.826. The monoisotopic (exact) mass is 199 g/mol. The van der Waals surface area contributed by atoms with Gasteiger partial charge in [-0.3, -0.25) is 9.48 Å². The van der Waals surface area contributed by atoms with Gasteiger partial charge in [0.1, 0.15) is 12.1 Å². The summed E-state index contributed by atoms with van der Waals surface area (Å²) in [7, 11) is 1.71. The number of carboxylic acids is 1. The van der Waals surface area contributed by atoms with Gasteiger partial charge in [0.15, 0.2) is 0 Å². The minimum absolute atomic E-state index is 0.278. The first kappa shape index (κ1) is 10.7. The second kappa shape index (κ2) is 3.77. The molecule has 2 unspecified atom stereocenters. The molecule has 1 rings (SSSR count). The van der Waals surface area contributed by atoms with Gasteiger partial charge in [0.2, 0.25) is 0 Å². The number of carboxylic acid groups (broad SMARTS) is 1. The lowest BCUT2D eigenvalue weighted by Crippen LogP contribution is -2.36. The van der Waals surface area contributed by atoms with Crippen LogP contribution in [-0.4, -0.2) is 32.0 Å². The van der Waals surface area contributed by atoms with Crippen molar-refractivity contribution >= 4 is 5.97 Å². The van der Waals surface area contributed by atoms with Crippen molar-refractivity contribution < 1.29 is 15.0 Å². The molecule has 0 aliphatic rings. The largest absolute Gasteiger partial charge is 0.480 e. The summed E-state index contributed by atoms with van der Waals surface area (Å²) in [5.74, 6) is -1.25. The highest BCUT2D eigenvalue weighted by Crippen LogP contribution is 2.14. The number of aryl methyl sites for hydroxylation is 2. The SMILES string of the molecule is Cc1cc(C(O)C(N)C(=O)O)nn1C. The van der Waals surface area contributed by atoms with E-state index in [1.807, 2.05) is 0 Å². The van der Waals surface area contributed by atoms with Crippen molar-refractivity contribution in [3.8, 4) is 0 Å². The van der Waals surface area contributed by atoms with Crippen LogP contribution in [0.2, 0.25) is 0 Å². The Bertz CT molecular complexity index is 328. The van der Waals surface area contributed by atoms with E-state index in [0.717, 1.165) is 5.69 Å². The maximum Gasteiger partial charge on any atom is 0.323 e. The molecule has 0 radical (unpaired) electrons. The molecule has 6 heteroatoms. The van der Waals surface area contributed by atoms with Gasteiger partial charge in [-0.1, -0.05) is 0 Å². The second-order valence-corrected chi connectivity index (χ2v) is 3.14. The molecule has 1 heterocycles. The van der Waals surface area contributed by atoms with Crippen molar-refractivity contribution in [3.63, 3.8) is 0 Å². The average Bonchev–Trinajstić information content (AvgIpc) is 2.44. The molecule has 0 spiro atoms. The highest BCUT2D eigenvalue weighted by Gasteiger charge is 2.25. The van der Waals surface area contributed by atoms with Crippen LogP contribution in [0.25, 0.3) is 0 Å². The van der Waals surface area contributed by atoms with Gasteiger partial charge >= 0.3 is 5.97 Å². The minimum atomic E-state index is -1.34. The number of carbonyl (C=O) groups is 1. The molecule has 0 saturated carbocycles. The second-order valence-electron chi connectivity index (χ2n) is 3.14. The van der Waals surface area contributed by atoms with Crippen molar-refractivity contribution in [2.24, 2.45) is 12.8 Å². The van der Waals surface area contributed by atoms with Crippen molar-refractivity contribution in [2.45, 2.75) is 19.1 Å². The number of nitrogens with zero attached hydrogens (tertiary/aromatic N) is 2. The molecule has 0 aliphatic heterocycles. The smallest absolute Gasteiger partial charge is 0.323 e. The third-order valence-corrected chi connectivity index (χ3v) is 2.06. The van der Waals surface area contributed by atoms with Crippen LogP contribution in [0.3, 0.4) is 0 Å². The number of aromatic nitrogens is 2. The van der Waals surface area contributed by atoms with Crippen LogP contribution in [0.1, 0.15) is 17.5 Å². The van der Waals surface area contributed by atoms with E-state index >= 15 is 0 Å². The number of hydrogen-bond donors (Lipinski definition) is 3. The zero-order chi connectivity index (χ0) is 10.9. The summed E-state index contributed by atoms with van der Waals surface area (Å²) in [6, 6.07) is 0.261. The maximum absolute atomic E-state index is 10.5. The summed E-state index contributed by atoms with van der Waals surface area (Å²) in [5.41, 5.74) is 6.36. The zero-order valence-corrected chi connectivity index (χ0v) is 8.01. The van der Waals surface area contributed by atoms with Crippen LogP contribution in [0.4, 0.5) is 0 Å². The number of aliphatic hydroxyl groups excluding tert-OH is 1. The van der Waals surface area contributed by atoms with Gasteiger partial charge < -0.3 is 15.9 Å². The standard InChI is InChI=1S/C8H13N3O3/c1-4-3-5(10-11(4)2)7(12)6(9)8(13)14/h3,6-7,12H,9H2,1-2H3,(H,13,14). The third kappa shape index (κ3) is 1.91. The van der Waals surface area contributed by atoms with E-state index in [2.05, 4.69) is 5.10 Å². The summed E-state index contributed by atoms with van der Waals surface area (Å²) < 4.78 is 1.55. The summed E-state index contributed by atoms with van der Waals surface area (Å²) in [4.78, 5) is 10.5. The molecule has 6 nitrogen and oxygen atoms in total. The molecule has 0 aromatic carbocycles. The Hall–Kier alpha value is -1.40. The summed E-state index contributed by atoms with van der Waals surface area (Å²) >= 11 is 0. The van der Waals surface area contributed by atoms with E-state index in [-0.39, 0.29) is 5.69 Å². The van der Waals surface area contributed by atoms with E-state index in [9.17, 15) is 9.90 Å². The normalized spacial score (nSPS) is 15.1. The van der Waals surface area contributed by atoms with Gasteiger partial charge in [0.05, 0.1) is 5.69 Å². The molecule has 0 saturated heterocycles. The number of aliphatic hydroxyl groups is 1. The molecular weight excluding hydrogens is 186 g/mol. The zero-order valence-electron chi connectivity index (χ0n) is 8.01. The first-order valence-corrected chi connectivity index (χ1v) is 4.10. The number of nitrogens with two attached hydrogens (primary N) is 1. The molecule has 14 heavy (non-hydrogen) atoms. The van der Waals surface area contributed by atoms with Crippen LogP contribution >= 0.6 is 0 Å². The van der Waals surface area contributed by atoms with Crippen LogP contribution in [0, 0.1) is 6.92 Å². The van der Waals surface area contributed by atoms with E-state index in [4.69, 9.17) is 10.8 Å². The number of aliphatic carboxylic acids is 1. The fourth-order valence-corrected chi connectivity index (χ4v) is 1.05. The van der Waals surface area contributed by atoms with Crippen molar-refractivity contribution in [1.29, 1.82) is 0 Å². The molecule has 0 fully saturated rings. The fraction of sp³-hybridized carbons (Fsp3) is 0.500. The Morgan fingerprint density at radius 1 is 1.71 bits per heavy atom. The Morgan fingerprint density at radius 3 is 2.64 bits per heavy atom. The van der Waals surface area contributed by atoms with Gasteiger partial charge in [0.25, 0.3) is 0 Å². The van der Waals surface area contributed by atoms with E-state index in [1.54, 1.807) is 24.7 Å². The van der Waals surface area contributed by atoms with E-state index < -0.39 is 18.1 Å². The lowest BCUT2D eigenvalue weighted by atomic mass is 10.1. The molecular formula is C8H13N3O3. The Kier molecular flexibility index (Phi) is 2.87. The van der Waals surface area contributed by atoms with Gasteiger partial charge in [-0.15, -0.1) is 0 Å². The fourth-order valence-electron chi connectivity index (χ4n) is 1.05. The topological polar surface area (TPSA) is 101 Å². The molecule has 1 aromatic rings. The highest BCUT2D eigenvalue weighted by molar-refractivity contribution is 5.74. The minimum Gasteiger partial charge on any atom is -0.480 e. The van der Waals surface area contributed by atoms with Crippen molar-refractivity contribution in [3.05, 3.63) is 17.5 Å². The first-order valence-electron chi connectivity index (χ1n) is 4.10. The molecule has 0 amide bonds. The number of hydrogen-bond acceptors (Lipinski definition) is 4. The Balaban J connectivity index is 2.89. The van der Waals surface area contributed by atoms with Crippen molar-refractivity contribution in [1.82, 2.24) is 9.78 Å².